The van der Waals surface area contributed by atoms with Gasteiger partial charge in [-0.1, -0.05) is 6.07 Å². The van der Waals surface area contributed by atoms with Gasteiger partial charge in [0.15, 0.2) is 5.78 Å². The van der Waals surface area contributed by atoms with Crippen molar-refractivity contribution in [2.24, 2.45) is 5.92 Å². The Morgan fingerprint density at radius 1 is 1.10 bits per heavy atom. The molecule has 0 aromatic heterocycles. The van der Waals surface area contributed by atoms with Gasteiger partial charge in [0.2, 0.25) is 0 Å². The molecule has 2 aliphatic rings. The molecule has 30 heavy (non-hydrogen) atoms. The average Bonchev–Trinajstić information content (AvgIpc) is 2.63. The van der Waals surface area contributed by atoms with Crippen LogP contribution in [0.5, 0.6) is 5.75 Å². The molecule has 1 amide bonds. The Hall–Kier alpha value is -2.29. The molecular weight excluding hydrogens is 403 g/mol. The zero-order chi connectivity index (χ0) is 22.3. The molecule has 1 aromatic rings. The van der Waals surface area contributed by atoms with E-state index in [0.717, 1.165) is 19.2 Å². The molecule has 2 fully saturated rings. The number of fused-ring (bicyclic) bond motifs is 2. The van der Waals surface area contributed by atoms with Gasteiger partial charge in [0, 0.05) is 11.5 Å². The number of benzene rings is 1. The Kier molecular flexibility index (Phi) is 6.04. The van der Waals surface area contributed by atoms with Gasteiger partial charge < -0.3 is 14.2 Å². The van der Waals surface area contributed by atoms with E-state index in [1.165, 1.54) is 6.07 Å². The number of ether oxygens (including phenoxy) is 3. The molecule has 2 saturated heterocycles. The zero-order valence-corrected chi connectivity index (χ0v) is 17.4. The summed E-state index contributed by atoms with van der Waals surface area (Å²) in [6.45, 7) is 5.92. The molecule has 166 valence electrons. The number of carbonyl (C=O) groups excluding carboxylic acids is 2. The number of Topliss-reactive ketones (excluding diaryl/α,β-unsaturated/α-hetero) is 1. The summed E-state index contributed by atoms with van der Waals surface area (Å²) < 4.78 is 55.2. The minimum Gasteiger partial charge on any atom is -0.496 e. The molecule has 1 aromatic carbocycles. The van der Waals surface area contributed by atoms with E-state index < -0.39 is 29.4 Å². The van der Waals surface area contributed by atoms with Crippen molar-refractivity contribution >= 4 is 11.9 Å². The molecule has 2 unspecified atom stereocenters. The third-order valence-electron chi connectivity index (χ3n) is 5.29. The van der Waals surface area contributed by atoms with Gasteiger partial charge in [0.1, 0.15) is 11.4 Å². The quantitative estimate of drug-likeness (QED) is 0.670. The molecule has 3 rings (SSSR count). The number of morpholine rings is 1. The average molecular weight is 429 g/mol. The summed E-state index contributed by atoms with van der Waals surface area (Å²) >= 11 is 0. The smallest absolute Gasteiger partial charge is 0.419 e. The van der Waals surface area contributed by atoms with Gasteiger partial charge in [-0.25, -0.2) is 4.79 Å². The van der Waals surface area contributed by atoms with E-state index in [0.29, 0.717) is 12.8 Å². The fraction of sp³-hybridized carbons (Fsp3) is 0.619. The van der Waals surface area contributed by atoms with Crippen molar-refractivity contribution in [3.63, 3.8) is 0 Å². The first-order valence-electron chi connectivity index (χ1n) is 9.79. The number of carbonyl (C=O) groups is 2. The Bertz CT molecular complexity index is 804. The van der Waals surface area contributed by atoms with Gasteiger partial charge in [-0.2, -0.15) is 13.2 Å². The summed E-state index contributed by atoms with van der Waals surface area (Å²) in [4.78, 5) is 27.3. The van der Waals surface area contributed by atoms with E-state index in [9.17, 15) is 22.8 Å². The lowest BCUT2D eigenvalue weighted by molar-refractivity contribution is -0.138. The van der Waals surface area contributed by atoms with Crippen LogP contribution in [0.3, 0.4) is 0 Å². The van der Waals surface area contributed by atoms with Crippen LogP contribution in [0, 0.1) is 5.92 Å². The molecule has 0 aliphatic carbocycles. The van der Waals surface area contributed by atoms with Crippen molar-refractivity contribution in [3.05, 3.63) is 29.3 Å². The largest absolute Gasteiger partial charge is 0.496 e. The molecule has 0 radical (unpaired) electrons. The van der Waals surface area contributed by atoms with Gasteiger partial charge in [0.25, 0.3) is 0 Å². The predicted octanol–water partition coefficient (Wildman–Crippen LogP) is 4.31. The third kappa shape index (κ3) is 4.71. The van der Waals surface area contributed by atoms with Crippen LogP contribution in [0.25, 0.3) is 0 Å². The molecular formula is C21H26F3NO5. The normalized spacial score (nSPS) is 24.4. The maximum atomic E-state index is 13.1. The van der Waals surface area contributed by atoms with Crippen molar-refractivity contribution in [2.45, 2.75) is 57.5 Å². The van der Waals surface area contributed by atoms with Crippen LogP contribution in [0.4, 0.5) is 18.0 Å². The highest BCUT2D eigenvalue weighted by Gasteiger charge is 2.45. The second-order valence-corrected chi connectivity index (χ2v) is 8.68. The first-order valence-corrected chi connectivity index (χ1v) is 9.79. The summed E-state index contributed by atoms with van der Waals surface area (Å²) in [5, 5.41) is 0. The standard InChI is InChI=1S/C21H26F3NO5/c1-20(2,3)30-19(27)25-14-7-13(8-15(25)11-29-10-14)18(26)12-5-6-16(21(22,23)24)17(9-12)28-4/h5-6,9,13-15H,7-8,10-11H2,1-4H3. The second-order valence-electron chi connectivity index (χ2n) is 8.68. The lowest BCUT2D eigenvalue weighted by Crippen LogP contribution is -2.60. The van der Waals surface area contributed by atoms with Gasteiger partial charge >= 0.3 is 12.3 Å². The minimum absolute atomic E-state index is 0.162. The van der Waals surface area contributed by atoms with E-state index in [-0.39, 0.29) is 42.4 Å². The van der Waals surface area contributed by atoms with Gasteiger partial charge in [-0.05, 0) is 45.7 Å². The van der Waals surface area contributed by atoms with Crippen LogP contribution < -0.4 is 4.74 Å². The molecule has 9 heteroatoms. The van der Waals surface area contributed by atoms with Crippen LogP contribution in [0.1, 0.15) is 49.5 Å². The summed E-state index contributed by atoms with van der Waals surface area (Å²) in [7, 11) is 1.14. The Morgan fingerprint density at radius 2 is 1.70 bits per heavy atom. The highest BCUT2D eigenvalue weighted by Crippen LogP contribution is 2.39. The lowest BCUT2D eigenvalue weighted by Gasteiger charge is -2.47. The summed E-state index contributed by atoms with van der Waals surface area (Å²) in [5.41, 5.74) is -1.41. The Morgan fingerprint density at radius 3 is 2.20 bits per heavy atom. The lowest BCUT2D eigenvalue weighted by atomic mass is 9.80. The molecule has 2 bridgehead atoms. The van der Waals surface area contributed by atoms with Gasteiger partial charge in [-0.3, -0.25) is 9.69 Å². The van der Waals surface area contributed by atoms with E-state index >= 15 is 0 Å². The molecule has 0 saturated carbocycles. The Labute approximate surface area is 173 Å². The topological polar surface area (TPSA) is 65.1 Å². The number of methoxy groups -OCH3 is 1. The fourth-order valence-corrected chi connectivity index (χ4v) is 4.06. The second kappa shape index (κ2) is 8.09. The third-order valence-corrected chi connectivity index (χ3v) is 5.29. The highest BCUT2D eigenvalue weighted by atomic mass is 19.4. The molecule has 2 atom stereocenters. The van der Waals surface area contributed by atoms with E-state index in [1.807, 2.05) is 0 Å². The van der Waals surface area contributed by atoms with Crippen LogP contribution in [-0.2, 0) is 15.7 Å². The number of alkyl halides is 3. The number of hydrogen-bond donors (Lipinski definition) is 0. The van der Waals surface area contributed by atoms with Crippen molar-refractivity contribution in [2.75, 3.05) is 20.3 Å². The predicted molar refractivity (Wildman–Crippen MR) is 102 cm³/mol. The monoisotopic (exact) mass is 429 g/mol. The zero-order valence-electron chi connectivity index (χ0n) is 17.4. The van der Waals surface area contributed by atoms with Crippen molar-refractivity contribution in [1.29, 1.82) is 0 Å². The van der Waals surface area contributed by atoms with Gasteiger partial charge in [0.05, 0.1) is 38.0 Å². The molecule has 0 N–H and O–H groups in total. The van der Waals surface area contributed by atoms with E-state index in [1.54, 1.807) is 25.7 Å². The number of piperidine rings is 1. The molecule has 0 spiro atoms. The molecule has 2 heterocycles. The summed E-state index contributed by atoms with van der Waals surface area (Å²) in [5.74, 6) is -1.07. The molecule has 6 nitrogen and oxygen atoms in total. The SMILES string of the molecule is COc1cc(C(=O)C2CC3COCC(C2)N3C(=O)OC(C)(C)C)ccc1C(F)(F)F. The van der Waals surface area contributed by atoms with Crippen LogP contribution in [0.15, 0.2) is 18.2 Å². The van der Waals surface area contributed by atoms with Crippen molar-refractivity contribution < 1.29 is 37.0 Å². The van der Waals surface area contributed by atoms with Crippen molar-refractivity contribution in [1.82, 2.24) is 4.90 Å². The number of nitrogens with zero attached hydrogens (tertiary/aromatic N) is 1. The molecule has 2 aliphatic heterocycles. The fourth-order valence-electron chi connectivity index (χ4n) is 4.06. The first kappa shape index (κ1) is 22.4. The number of rotatable bonds is 3. The Balaban J connectivity index is 1.79. The van der Waals surface area contributed by atoms with Gasteiger partial charge in [-0.15, -0.1) is 0 Å². The minimum atomic E-state index is -4.57. The van der Waals surface area contributed by atoms with E-state index in [4.69, 9.17) is 14.2 Å². The number of ketones is 1. The maximum Gasteiger partial charge on any atom is 0.419 e. The highest BCUT2D eigenvalue weighted by molar-refractivity contribution is 5.98. The van der Waals surface area contributed by atoms with Crippen LogP contribution in [-0.4, -0.2) is 54.8 Å². The number of hydrogen-bond acceptors (Lipinski definition) is 5. The van der Waals surface area contributed by atoms with Crippen LogP contribution in [0.2, 0.25) is 0 Å². The first-order chi connectivity index (χ1) is 13.9. The maximum absolute atomic E-state index is 13.1. The van der Waals surface area contributed by atoms with E-state index in [2.05, 4.69) is 0 Å². The number of amides is 1. The summed E-state index contributed by atoms with van der Waals surface area (Å²) in [6.07, 6.45) is -4.29. The summed E-state index contributed by atoms with van der Waals surface area (Å²) in [6, 6.07) is 2.54. The van der Waals surface area contributed by atoms with Crippen LogP contribution >= 0.6 is 0 Å². The van der Waals surface area contributed by atoms with Crippen molar-refractivity contribution in [3.8, 4) is 5.75 Å². The number of halogens is 3.